The standard InChI is InChI=1S/C16H24N4O4Si/c1-12(2)11-25(3,4)9-5-8-19-10-13(17-18-19)16(23)24-20-14(21)6-7-15(20)22/h10H,1,5-9,11H2,2-4H3. The van der Waals surface area contributed by atoms with E-state index in [1.165, 1.54) is 11.8 Å². The number of carbonyl (C=O) groups excluding carboxylic acids is 3. The summed E-state index contributed by atoms with van der Waals surface area (Å²) in [4.78, 5) is 39.7. The minimum Gasteiger partial charge on any atom is -0.323 e. The highest BCUT2D eigenvalue weighted by atomic mass is 28.3. The topological polar surface area (TPSA) is 94.4 Å². The second-order valence-electron chi connectivity index (χ2n) is 7.23. The van der Waals surface area contributed by atoms with Crippen molar-refractivity contribution in [3.05, 3.63) is 24.0 Å². The summed E-state index contributed by atoms with van der Waals surface area (Å²) in [7, 11) is -1.31. The van der Waals surface area contributed by atoms with Crippen molar-refractivity contribution in [2.24, 2.45) is 0 Å². The van der Waals surface area contributed by atoms with Crippen LogP contribution in [0, 0.1) is 0 Å². The predicted molar refractivity (Wildman–Crippen MR) is 93.1 cm³/mol. The van der Waals surface area contributed by atoms with E-state index in [1.54, 1.807) is 4.68 Å². The van der Waals surface area contributed by atoms with E-state index >= 15 is 0 Å². The Morgan fingerprint density at radius 2 is 1.96 bits per heavy atom. The molecule has 9 heteroatoms. The van der Waals surface area contributed by atoms with Gasteiger partial charge in [0.25, 0.3) is 11.8 Å². The van der Waals surface area contributed by atoms with E-state index in [0.717, 1.165) is 18.5 Å². The number of imide groups is 1. The van der Waals surface area contributed by atoms with Crippen molar-refractivity contribution in [3.8, 4) is 0 Å². The average molecular weight is 364 g/mol. The van der Waals surface area contributed by atoms with Crippen LogP contribution in [0.25, 0.3) is 0 Å². The molecule has 0 aliphatic carbocycles. The monoisotopic (exact) mass is 364 g/mol. The van der Waals surface area contributed by atoms with Crippen LogP contribution in [0.4, 0.5) is 0 Å². The van der Waals surface area contributed by atoms with Crippen LogP contribution in [0.2, 0.25) is 25.2 Å². The highest BCUT2D eigenvalue weighted by Crippen LogP contribution is 2.21. The summed E-state index contributed by atoms with van der Waals surface area (Å²) in [5.74, 6) is -1.89. The number of allylic oxidation sites excluding steroid dienone is 1. The molecule has 8 nitrogen and oxygen atoms in total. The van der Waals surface area contributed by atoms with Crippen LogP contribution >= 0.6 is 0 Å². The normalized spacial score (nSPS) is 14.9. The van der Waals surface area contributed by atoms with Crippen LogP contribution in [-0.2, 0) is 21.0 Å². The third-order valence-corrected chi connectivity index (χ3v) is 7.22. The molecule has 0 unspecified atom stereocenters. The minimum absolute atomic E-state index is 0.0223. The average Bonchev–Trinajstić information content (AvgIpc) is 3.07. The Morgan fingerprint density at radius 1 is 1.32 bits per heavy atom. The highest BCUT2D eigenvalue weighted by molar-refractivity contribution is 6.77. The van der Waals surface area contributed by atoms with Gasteiger partial charge in [-0.15, -0.1) is 16.7 Å². The van der Waals surface area contributed by atoms with Crippen LogP contribution in [0.15, 0.2) is 18.3 Å². The van der Waals surface area contributed by atoms with Gasteiger partial charge in [0.2, 0.25) is 0 Å². The number of aromatic nitrogens is 3. The molecule has 0 atom stereocenters. The van der Waals surface area contributed by atoms with Gasteiger partial charge < -0.3 is 4.84 Å². The summed E-state index contributed by atoms with van der Waals surface area (Å²) >= 11 is 0. The molecule has 2 rings (SSSR count). The number of aryl methyl sites for hydroxylation is 1. The van der Waals surface area contributed by atoms with Crippen molar-refractivity contribution in [2.75, 3.05) is 0 Å². The van der Waals surface area contributed by atoms with E-state index in [4.69, 9.17) is 4.84 Å². The summed E-state index contributed by atoms with van der Waals surface area (Å²) in [6.07, 6.45) is 2.53. The predicted octanol–water partition coefficient (Wildman–Crippen LogP) is 2.17. The van der Waals surface area contributed by atoms with Gasteiger partial charge in [0.15, 0.2) is 5.69 Å². The molecule has 1 saturated heterocycles. The molecule has 1 fully saturated rings. The Kier molecular flexibility index (Phi) is 5.88. The molecule has 1 aromatic rings. The minimum atomic E-state index is -1.31. The first kappa shape index (κ1) is 19.0. The molecule has 2 amide bonds. The van der Waals surface area contributed by atoms with E-state index in [2.05, 4.69) is 36.9 Å². The maximum atomic E-state index is 12.0. The maximum Gasteiger partial charge on any atom is 0.385 e. The molecule has 25 heavy (non-hydrogen) atoms. The van der Waals surface area contributed by atoms with Crippen molar-refractivity contribution in [1.82, 2.24) is 20.1 Å². The van der Waals surface area contributed by atoms with Crippen molar-refractivity contribution in [1.29, 1.82) is 0 Å². The maximum absolute atomic E-state index is 12.0. The highest BCUT2D eigenvalue weighted by Gasteiger charge is 2.33. The zero-order valence-electron chi connectivity index (χ0n) is 14.9. The lowest BCUT2D eigenvalue weighted by molar-refractivity contribution is -0.172. The van der Waals surface area contributed by atoms with E-state index in [-0.39, 0.29) is 18.5 Å². The number of hydrogen-bond acceptors (Lipinski definition) is 6. The second kappa shape index (κ2) is 7.73. The quantitative estimate of drug-likeness (QED) is 0.399. The number of rotatable bonds is 8. The fraction of sp³-hybridized carbons (Fsp3) is 0.562. The van der Waals surface area contributed by atoms with E-state index in [0.29, 0.717) is 11.6 Å². The third-order valence-electron chi connectivity index (χ3n) is 3.95. The lowest BCUT2D eigenvalue weighted by Gasteiger charge is -2.22. The zero-order valence-corrected chi connectivity index (χ0v) is 15.9. The molecule has 0 N–H and O–H groups in total. The molecule has 1 aliphatic rings. The van der Waals surface area contributed by atoms with Crippen LogP contribution in [0.1, 0.15) is 36.7 Å². The first-order valence-electron chi connectivity index (χ1n) is 8.30. The van der Waals surface area contributed by atoms with Gasteiger partial charge in [0.05, 0.1) is 14.3 Å². The molecule has 0 aromatic carbocycles. The molecular weight excluding hydrogens is 340 g/mol. The fourth-order valence-corrected chi connectivity index (χ4v) is 5.84. The molecular formula is C16H24N4O4Si. The molecule has 1 aromatic heterocycles. The molecule has 0 bridgehead atoms. The Balaban J connectivity index is 1.85. The Bertz CT molecular complexity index is 682. The van der Waals surface area contributed by atoms with Gasteiger partial charge in [-0.05, 0) is 19.4 Å². The summed E-state index contributed by atoms with van der Waals surface area (Å²) in [6, 6.07) is 2.22. The molecule has 1 aliphatic heterocycles. The summed E-state index contributed by atoms with van der Waals surface area (Å²) in [5, 5.41) is 8.17. The van der Waals surface area contributed by atoms with E-state index < -0.39 is 25.9 Å². The van der Waals surface area contributed by atoms with Crippen LogP contribution in [0.5, 0.6) is 0 Å². The number of hydrogen-bond donors (Lipinski definition) is 0. The number of amides is 2. The van der Waals surface area contributed by atoms with Gasteiger partial charge in [0, 0.05) is 19.4 Å². The molecule has 136 valence electrons. The Hall–Kier alpha value is -2.29. The molecule has 0 radical (unpaired) electrons. The van der Waals surface area contributed by atoms with Crippen molar-refractivity contribution in [2.45, 2.75) is 57.9 Å². The largest absolute Gasteiger partial charge is 0.385 e. The lowest BCUT2D eigenvalue weighted by Crippen LogP contribution is -2.32. The van der Waals surface area contributed by atoms with Gasteiger partial charge in [-0.2, -0.15) is 0 Å². The zero-order chi connectivity index (χ0) is 18.6. The lowest BCUT2D eigenvalue weighted by atomic mass is 10.4. The first-order valence-corrected chi connectivity index (χ1v) is 11.7. The van der Waals surface area contributed by atoms with Gasteiger partial charge in [-0.1, -0.05) is 29.9 Å². The van der Waals surface area contributed by atoms with E-state index in [9.17, 15) is 14.4 Å². The molecule has 2 heterocycles. The number of nitrogens with zero attached hydrogens (tertiary/aromatic N) is 4. The van der Waals surface area contributed by atoms with Crippen LogP contribution in [0.3, 0.4) is 0 Å². The molecule has 0 saturated carbocycles. The van der Waals surface area contributed by atoms with Crippen molar-refractivity contribution < 1.29 is 19.2 Å². The Morgan fingerprint density at radius 3 is 2.56 bits per heavy atom. The first-order chi connectivity index (χ1) is 11.7. The summed E-state index contributed by atoms with van der Waals surface area (Å²) < 4.78 is 1.58. The molecule has 0 spiro atoms. The van der Waals surface area contributed by atoms with Crippen LogP contribution < -0.4 is 0 Å². The Labute approximate surface area is 147 Å². The van der Waals surface area contributed by atoms with Gasteiger partial charge >= 0.3 is 5.97 Å². The van der Waals surface area contributed by atoms with Gasteiger partial charge in [-0.3, -0.25) is 14.3 Å². The summed E-state index contributed by atoms with van der Waals surface area (Å²) in [6.45, 7) is 11.3. The van der Waals surface area contributed by atoms with Crippen molar-refractivity contribution >= 4 is 25.9 Å². The third kappa shape index (κ3) is 5.35. The van der Waals surface area contributed by atoms with Gasteiger partial charge in [0.1, 0.15) is 0 Å². The second-order valence-corrected chi connectivity index (χ2v) is 12.4. The number of carbonyl (C=O) groups is 3. The van der Waals surface area contributed by atoms with E-state index in [1.807, 2.05) is 0 Å². The van der Waals surface area contributed by atoms with Crippen molar-refractivity contribution in [3.63, 3.8) is 0 Å². The number of hydroxylamine groups is 2. The van der Waals surface area contributed by atoms with Gasteiger partial charge in [-0.25, -0.2) is 4.79 Å². The SMILES string of the molecule is C=C(C)C[Si](C)(C)CCCn1cc(C(=O)ON2C(=O)CCC2=O)nn1. The fourth-order valence-electron chi connectivity index (χ4n) is 2.91. The summed E-state index contributed by atoms with van der Waals surface area (Å²) in [5.41, 5.74) is 1.19. The van der Waals surface area contributed by atoms with Crippen LogP contribution in [-0.4, -0.2) is 45.9 Å². The smallest absolute Gasteiger partial charge is 0.323 e.